The van der Waals surface area contributed by atoms with Gasteiger partial charge in [-0.05, 0) is 43.2 Å². The number of carbonyl (C=O) groups excluding carboxylic acids is 4. The zero-order chi connectivity index (χ0) is 43.9. The highest BCUT2D eigenvalue weighted by molar-refractivity contribution is 7.90. The smallest absolute Gasteiger partial charge is 0.256 e. The van der Waals surface area contributed by atoms with Gasteiger partial charge in [-0.25, -0.2) is 13.4 Å². The summed E-state index contributed by atoms with van der Waals surface area (Å²) in [6.45, 7) is 10.3. The molecule has 1 fully saturated rings. The maximum absolute atomic E-state index is 14.3. The van der Waals surface area contributed by atoms with Gasteiger partial charge in [-0.1, -0.05) is 71.4 Å². The Morgan fingerprint density at radius 1 is 0.966 bits per heavy atom. The molecule has 0 bridgehead atoms. The molecule has 4 N–H and O–H groups in total. The van der Waals surface area contributed by atoms with Crippen LogP contribution in [-0.2, 0) is 45.1 Å². The summed E-state index contributed by atoms with van der Waals surface area (Å²) in [5.41, 5.74) is 6.21. The molecule has 16 nitrogen and oxygen atoms in total. The molecule has 0 aromatic heterocycles. The number of nitrogens with zero attached hydrogens (tertiary/aromatic N) is 5. The second kappa shape index (κ2) is 23.7. The van der Waals surface area contributed by atoms with E-state index in [0.717, 1.165) is 12.0 Å². The molecule has 4 amide bonds. The molecule has 1 saturated heterocycles. The van der Waals surface area contributed by atoms with Crippen molar-refractivity contribution in [1.82, 2.24) is 29.6 Å². The van der Waals surface area contributed by atoms with E-state index in [0.29, 0.717) is 25.3 Å². The van der Waals surface area contributed by atoms with Crippen LogP contribution in [0.15, 0.2) is 35.3 Å². The fourth-order valence-electron chi connectivity index (χ4n) is 7.67. The van der Waals surface area contributed by atoms with E-state index in [-0.39, 0.29) is 55.2 Å². The number of rotatable bonds is 22. The Kier molecular flexibility index (Phi) is 20.6. The number of likely N-dealkylation sites (tertiary alicyclic amines) is 1. The average molecular weight is 837 g/mol. The summed E-state index contributed by atoms with van der Waals surface area (Å²) in [7, 11) is 8.34. The lowest BCUT2D eigenvalue weighted by Crippen LogP contribution is -2.56. The minimum Gasteiger partial charge on any atom is -0.379 e. The number of guanidine groups is 1. The van der Waals surface area contributed by atoms with Crippen LogP contribution in [0.1, 0.15) is 72.3 Å². The van der Waals surface area contributed by atoms with Crippen molar-refractivity contribution < 1.29 is 37.1 Å². The Balaban J connectivity index is 2.35. The van der Waals surface area contributed by atoms with E-state index >= 15 is 0 Å². The number of nitrogens with two attached hydrogens (primary N) is 1. The summed E-state index contributed by atoms with van der Waals surface area (Å²) in [6.07, 6.45) is 0.817. The highest BCUT2D eigenvalue weighted by atomic mass is 32.2. The number of aliphatic imine (C=N–C) groups is 1. The molecule has 1 aliphatic heterocycles. The highest BCUT2D eigenvalue weighted by Crippen LogP contribution is 2.30. The lowest BCUT2D eigenvalue weighted by molar-refractivity contribution is -0.146. The van der Waals surface area contributed by atoms with Crippen LogP contribution in [0.2, 0.25) is 0 Å². The van der Waals surface area contributed by atoms with Gasteiger partial charge in [-0.2, -0.15) is 0 Å². The summed E-state index contributed by atoms with van der Waals surface area (Å²) in [5, 5.41) is 2.77. The number of ether oxygens (including phenoxy) is 2. The molecule has 1 aromatic rings. The van der Waals surface area contributed by atoms with Gasteiger partial charge >= 0.3 is 0 Å². The zero-order valence-electron chi connectivity index (χ0n) is 36.9. The number of hydrogen-bond acceptors (Lipinski definition) is 10. The zero-order valence-corrected chi connectivity index (χ0v) is 37.8. The average Bonchev–Trinajstić information content (AvgIpc) is 3.66. The summed E-state index contributed by atoms with van der Waals surface area (Å²) in [5.74, 6) is -2.36. The Morgan fingerprint density at radius 3 is 2.10 bits per heavy atom. The van der Waals surface area contributed by atoms with Crippen LogP contribution in [0.5, 0.6) is 0 Å². The number of carbonyl (C=O) groups is 4. The van der Waals surface area contributed by atoms with Gasteiger partial charge in [0.05, 0.1) is 42.4 Å². The van der Waals surface area contributed by atoms with Crippen LogP contribution in [0.25, 0.3) is 0 Å². The van der Waals surface area contributed by atoms with Crippen molar-refractivity contribution in [3.8, 4) is 0 Å². The van der Waals surface area contributed by atoms with E-state index < -0.39 is 64.1 Å². The molecule has 58 heavy (non-hydrogen) atoms. The Hall–Kier alpha value is -3.80. The number of likely N-dealkylation sites (N-methyl/N-ethyl adjacent to an activating group) is 1. The van der Waals surface area contributed by atoms with Gasteiger partial charge in [0, 0.05) is 62.4 Å². The minimum atomic E-state index is -3.98. The number of methoxy groups -OCH3 is 2. The van der Waals surface area contributed by atoms with Crippen molar-refractivity contribution >= 4 is 39.6 Å². The van der Waals surface area contributed by atoms with E-state index in [9.17, 15) is 27.6 Å². The molecule has 0 radical (unpaired) electrons. The first-order chi connectivity index (χ1) is 27.2. The topological polar surface area (TPSA) is 196 Å². The van der Waals surface area contributed by atoms with E-state index in [4.69, 9.17) is 20.2 Å². The van der Waals surface area contributed by atoms with E-state index in [1.54, 1.807) is 55.1 Å². The standard InChI is InChI=1S/C41H72N8O8S/c1-13-28(4)36(48(10)40(53)35(27(2)3)44-41(46(6)7)47(8)9)33(56-11)26-34(50)49-23-17-21-32(49)37(57-12)29(5)38(51)43-31(25-30-19-15-14-16-20-30)39(52)45-58(54,55)24-18-22-42/h14-16,19-20,27-29,31-33,35-37H,13,17-18,21-26,42H2,1-12H3,(H,43,51)(H,45,52)/t28-,29+,31-,32-,33-,35-,36-,37+/m0/s1. The SMILES string of the molecule is CC[C@H](C)[C@@H]([C@H](CC(=O)N1CCC[C@H]1[C@H](OC)[C@@H](C)C(=O)N[C@@H](Cc1ccccc1)C(=O)NS(=O)(=O)CCCN)OC)N(C)C(=O)[C@@H](N=C(N(C)C)N(C)C)C(C)C. The molecule has 17 heteroatoms. The van der Waals surface area contributed by atoms with Crippen molar-refractivity contribution in [1.29, 1.82) is 0 Å². The highest BCUT2D eigenvalue weighted by Gasteiger charge is 2.43. The maximum atomic E-state index is 14.3. The van der Waals surface area contributed by atoms with Crippen LogP contribution in [-0.4, -0.2) is 162 Å². The van der Waals surface area contributed by atoms with Gasteiger partial charge in [0.25, 0.3) is 5.91 Å². The van der Waals surface area contributed by atoms with Gasteiger partial charge in [-0.3, -0.25) is 23.9 Å². The fraction of sp³-hybridized carbons (Fsp3) is 0.732. The summed E-state index contributed by atoms with van der Waals surface area (Å²) >= 11 is 0. The summed E-state index contributed by atoms with van der Waals surface area (Å²) < 4.78 is 39.3. The maximum Gasteiger partial charge on any atom is 0.256 e. The van der Waals surface area contributed by atoms with Crippen LogP contribution in [0.3, 0.4) is 0 Å². The largest absolute Gasteiger partial charge is 0.379 e. The van der Waals surface area contributed by atoms with Crippen LogP contribution >= 0.6 is 0 Å². The van der Waals surface area contributed by atoms with Crippen LogP contribution < -0.4 is 15.8 Å². The van der Waals surface area contributed by atoms with Crippen molar-refractivity contribution in [2.24, 2.45) is 28.5 Å². The predicted molar refractivity (Wildman–Crippen MR) is 227 cm³/mol. The first kappa shape index (κ1) is 50.3. The lowest BCUT2D eigenvalue weighted by Gasteiger charge is -2.40. The molecule has 0 aliphatic carbocycles. The number of nitrogens with one attached hydrogen (secondary N) is 2. The molecule has 0 spiro atoms. The van der Waals surface area contributed by atoms with Crippen molar-refractivity contribution in [2.45, 2.75) is 110 Å². The summed E-state index contributed by atoms with van der Waals surface area (Å²) in [6, 6.07) is 6.19. The number of sulfonamides is 1. The molecule has 0 unspecified atom stereocenters. The number of benzene rings is 1. The quantitative estimate of drug-likeness (QED) is 0.114. The monoisotopic (exact) mass is 837 g/mol. The van der Waals surface area contributed by atoms with Crippen LogP contribution in [0.4, 0.5) is 0 Å². The van der Waals surface area contributed by atoms with Crippen molar-refractivity contribution in [3.63, 3.8) is 0 Å². The molecule has 0 saturated carbocycles. The third kappa shape index (κ3) is 14.2. The molecule has 1 heterocycles. The lowest BCUT2D eigenvalue weighted by atomic mass is 9.89. The van der Waals surface area contributed by atoms with E-state index in [2.05, 4.69) is 10.0 Å². The van der Waals surface area contributed by atoms with Gasteiger partial charge in [0.2, 0.25) is 27.7 Å². The number of hydrogen-bond donors (Lipinski definition) is 3. The van der Waals surface area contributed by atoms with E-state index in [1.165, 1.54) is 7.11 Å². The Labute approximate surface area is 347 Å². The third-order valence-corrected chi connectivity index (χ3v) is 12.3. The third-order valence-electron chi connectivity index (χ3n) is 11.0. The van der Waals surface area contributed by atoms with Crippen molar-refractivity contribution in [2.75, 3.05) is 68.3 Å². The molecular weight excluding hydrogens is 765 g/mol. The Morgan fingerprint density at radius 2 is 1.59 bits per heavy atom. The molecule has 1 aromatic carbocycles. The first-order valence-electron chi connectivity index (χ1n) is 20.4. The second-order valence-electron chi connectivity index (χ2n) is 16.2. The minimum absolute atomic E-state index is 0.00908. The van der Waals surface area contributed by atoms with Gasteiger partial charge in [-0.15, -0.1) is 0 Å². The van der Waals surface area contributed by atoms with Gasteiger partial charge < -0.3 is 40.1 Å². The molecule has 330 valence electrons. The molecule has 2 rings (SSSR count). The number of amides is 4. The van der Waals surface area contributed by atoms with Crippen molar-refractivity contribution in [3.05, 3.63) is 35.9 Å². The predicted octanol–water partition coefficient (Wildman–Crippen LogP) is 1.93. The first-order valence-corrected chi connectivity index (χ1v) is 22.0. The molecule has 1 aliphatic rings. The second-order valence-corrected chi connectivity index (χ2v) is 18.0. The Bertz CT molecular complexity index is 1600. The molecule has 8 atom stereocenters. The molecular formula is C41H72N8O8S. The normalized spacial score (nSPS) is 18.0. The fourth-order valence-corrected chi connectivity index (χ4v) is 8.77. The van der Waals surface area contributed by atoms with Gasteiger partial charge in [0.1, 0.15) is 12.1 Å². The van der Waals surface area contributed by atoms with Gasteiger partial charge in [0.15, 0.2) is 5.96 Å². The summed E-state index contributed by atoms with van der Waals surface area (Å²) in [4.78, 5) is 67.9. The van der Waals surface area contributed by atoms with Crippen LogP contribution in [0, 0.1) is 17.8 Å². The van der Waals surface area contributed by atoms with E-state index in [1.807, 2.05) is 71.8 Å².